The number of hydrogen-bond donors (Lipinski definition) is 1. The number of guanidine groups is 1. The van der Waals surface area contributed by atoms with Crippen molar-refractivity contribution in [2.45, 2.75) is 26.3 Å². The third kappa shape index (κ3) is 8.03. The summed E-state index contributed by atoms with van der Waals surface area (Å²) in [5.74, 6) is 1.77. The van der Waals surface area contributed by atoms with Gasteiger partial charge in [-0.3, -0.25) is 9.89 Å². The second kappa shape index (κ2) is 13.4. The fourth-order valence-corrected chi connectivity index (χ4v) is 3.92. The molecule has 0 amide bonds. The minimum absolute atomic E-state index is 0. The van der Waals surface area contributed by atoms with Gasteiger partial charge in [-0.05, 0) is 38.8 Å². The van der Waals surface area contributed by atoms with Crippen LogP contribution in [0, 0.1) is 5.92 Å². The number of methoxy groups -OCH3 is 1. The lowest BCUT2D eigenvalue weighted by molar-refractivity contribution is 0.121. The molecule has 3 rings (SSSR count). The van der Waals surface area contributed by atoms with Crippen molar-refractivity contribution in [1.29, 1.82) is 0 Å². The SMILES string of the molecule is CCNC(=NCC1CCN(CCOC)CC1)N1CCN(Cc2ccon2)CC1.I. The summed E-state index contributed by atoms with van der Waals surface area (Å²) in [6.07, 6.45) is 4.11. The molecule has 166 valence electrons. The van der Waals surface area contributed by atoms with Gasteiger partial charge in [0.1, 0.15) is 6.26 Å². The van der Waals surface area contributed by atoms with E-state index in [2.05, 4.69) is 32.1 Å². The van der Waals surface area contributed by atoms with Gasteiger partial charge in [0.2, 0.25) is 0 Å². The zero-order chi connectivity index (χ0) is 19.6. The minimum Gasteiger partial charge on any atom is -0.383 e. The molecule has 8 nitrogen and oxygen atoms in total. The number of ether oxygens (including phenoxy) is 1. The van der Waals surface area contributed by atoms with E-state index < -0.39 is 0 Å². The van der Waals surface area contributed by atoms with Gasteiger partial charge in [0, 0.05) is 65.5 Å². The fraction of sp³-hybridized carbons (Fsp3) is 0.800. The van der Waals surface area contributed by atoms with E-state index in [-0.39, 0.29) is 24.0 Å². The van der Waals surface area contributed by atoms with Gasteiger partial charge in [-0.15, -0.1) is 24.0 Å². The Morgan fingerprint density at radius 2 is 1.97 bits per heavy atom. The highest BCUT2D eigenvalue weighted by atomic mass is 127. The molecule has 0 atom stereocenters. The number of aliphatic imine (C=N–C) groups is 1. The minimum atomic E-state index is 0. The van der Waals surface area contributed by atoms with Crippen LogP contribution >= 0.6 is 24.0 Å². The quantitative estimate of drug-likeness (QED) is 0.318. The molecule has 0 saturated carbocycles. The molecule has 0 unspecified atom stereocenters. The highest BCUT2D eigenvalue weighted by molar-refractivity contribution is 14.0. The smallest absolute Gasteiger partial charge is 0.194 e. The predicted octanol–water partition coefficient (Wildman–Crippen LogP) is 1.73. The number of nitrogens with zero attached hydrogens (tertiary/aromatic N) is 5. The summed E-state index contributed by atoms with van der Waals surface area (Å²) in [6, 6.07) is 1.94. The molecule has 2 aliphatic rings. The predicted molar refractivity (Wildman–Crippen MR) is 126 cm³/mol. The maximum atomic E-state index is 5.19. The summed E-state index contributed by atoms with van der Waals surface area (Å²) in [4.78, 5) is 12.3. The van der Waals surface area contributed by atoms with Gasteiger partial charge < -0.3 is 24.4 Å². The summed E-state index contributed by atoms with van der Waals surface area (Å²) in [5.41, 5.74) is 1.01. The normalized spacial score (nSPS) is 19.9. The molecule has 0 aliphatic carbocycles. The molecule has 1 aromatic rings. The Hall–Kier alpha value is -0.910. The Morgan fingerprint density at radius 3 is 2.59 bits per heavy atom. The zero-order valence-corrected chi connectivity index (χ0v) is 20.2. The fourth-order valence-electron chi connectivity index (χ4n) is 3.92. The molecular formula is C20H37IN6O2. The molecule has 2 saturated heterocycles. The van der Waals surface area contributed by atoms with E-state index in [1.807, 2.05) is 6.07 Å². The second-order valence-electron chi connectivity index (χ2n) is 7.73. The first-order valence-corrected chi connectivity index (χ1v) is 10.6. The van der Waals surface area contributed by atoms with Crippen LogP contribution in [0.15, 0.2) is 21.8 Å². The third-order valence-corrected chi connectivity index (χ3v) is 5.70. The van der Waals surface area contributed by atoms with Crippen molar-refractivity contribution in [3.05, 3.63) is 18.0 Å². The van der Waals surface area contributed by atoms with Gasteiger partial charge in [0.05, 0.1) is 12.3 Å². The summed E-state index contributed by atoms with van der Waals surface area (Å²) in [5, 5.41) is 7.51. The monoisotopic (exact) mass is 520 g/mol. The van der Waals surface area contributed by atoms with E-state index in [4.69, 9.17) is 14.3 Å². The standard InChI is InChI=1S/C20H36N6O2.HI/c1-3-21-20(22-16-18-4-7-24(8-5-18)13-15-27-2)26-11-9-25(10-12-26)17-19-6-14-28-23-19;/h6,14,18H,3-5,7-13,15-17H2,1-2H3,(H,21,22);1H. The molecule has 0 bridgehead atoms. The lowest BCUT2D eigenvalue weighted by atomic mass is 9.97. The summed E-state index contributed by atoms with van der Waals surface area (Å²) < 4.78 is 10.1. The van der Waals surface area contributed by atoms with E-state index in [0.29, 0.717) is 5.92 Å². The molecule has 9 heteroatoms. The summed E-state index contributed by atoms with van der Waals surface area (Å²) in [7, 11) is 1.78. The van der Waals surface area contributed by atoms with Gasteiger partial charge in [0.25, 0.3) is 0 Å². The Balaban J connectivity index is 0.00000300. The van der Waals surface area contributed by atoms with Gasteiger partial charge >= 0.3 is 0 Å². The Morgan fingerprint density at radius 1 is 1.21 bits per heavy atom. The van der Waals surface area contributed by atoms with Gasteiger partial charge in [-0.2, -0.15) is 0 Å². The van der Waals surface area contributed by atoms with Crippen LogP contribution in [-0.4, -0.2) is 98.4 Å². The molecule has 1 aromatic heterocycles. The van der Waals surface area contributed by atoms with Crippen molar-refractivity contribution in [2.75, 3.05) is 72.6 Å². The Labute approximate surface area is 192 Å². The van der Waals surface area contributed by atoms with Crippen molar-refractivity contribution in [2.24, 2.45) is 10.9 Å². The first kappa shape index (κ1) is 24.4. The number of piperidine rings is 1. The maximum absolute atomic E-state index is 5.19. The molecular weight excluding hydrogens is 483 g/mol. The first-order valence-electron chi connectivity index (χ1n) is 10.6. The average molecular weight is 520 g/mol. The number of nitrogens with one attached hydrogen (secondary N) is 1. The van der Waals surface area contributed by atoms with Crippen LogP contribution in [0.1, 0.15) is 25.5 Å². The molecule has 29 heavy (non-hydrogen) atoms. The van der Waals surface area contributed by atoms with Crippen LogP contribution in [0.3, 0.4) is 0 Å². The lowest BCUT2D eigenvalue weighted by Gasteiger charge is -2.36. The number of piperazine rings is 1. The maximum Gasteiger partial charge on any atom is 0.194 e. The van der Waals surface area contributed by atoms with Gasteiger partial charge in [-0.1, -0.05) is 5.16 Å². The Kier molecular flexibility index (Phi) is 11.3. The zero-order valence-electron chi connectivity index (χ0n) is 17.9. The molecule has 0 aromatic carbocycles. The van der Waals surface area contributed by atoms with Gasteiger partial charge in [0.15, 0.2) is 5.96 Å². The van der Waals surface area contributed by atoms with E-state index in [1.165, 1.54) is 25.9 Å². The lowest BCUT2D eigenvalue weighted by Crippen LogP contribution is -2.52. The molecule has 2 fully saturated rings. The number of rotatable bonds is 8. The number of halogens is 1. The van der Waals surface area contributed by atoms with E-state index in [1.54, 1.807) is 13.4 Å². The van der Waals surface area contributed by atoms with E-state index >= 15 is 0 Å². The first-order chi connectivity index (χ1) is 13.8. The van der Waals surface area contributed by atoms with Crippen molar-refractivity contribution in [3.8, 4) is 0 Å². The van der Waals surface area contributed by atoms with Crippen LogP contribution in [-0.2, 0) is 11.3 Å². The summed E-state index contributed by atoms with van der Waals surface area (Å²) >= 11 is 0. The largest absolute Gasteiger partial charge is 0.383 e. The van der Waals surface area contributed by atoms with E-state index in [9.17, 15) is 0 Å². The van der Waals surface area contributed by atoms with Crippen LogP contribution in [0.4, 0.5) is 0 Å². The second-order valence-corrected chi connectivity index (χ2v) is 7.73. The molecule has 3 heterocycles. The number of hydrogen-bond acceptors (Lipinski definition) is 6. The highest BCUT2D eigenvalue weighted by Gasteiger charge is 2.22. The Bertz CT molecular complexity index is 570. The molecule has 0 spiro atoms. The van der Waals surface area contributed by atoms with Crippen LogP contribution in [0.25, 0.3) is 0 Å². The van der Waals surface area contributed by atoms with Crippen LogP contribution in [0.2, 0.25) is 0 Å². The van der Waals surface area contributed by atoms with Crippen LogP contribution < -0.4 is 5.32 Å². The molecule has 2 aliphatic heterocycles. The van der Waals surface area contributed by atoms with Crippen molar-refractivity contribution in [1.82, 2.24) is 25.2 Å². The summed E-state index contributed by atoms with van der Waals surface area (Å²) in [6.45, 7) is 13.1. The van der Waals surface area contributed by atoms with Crippen molar-refractivity contribution in [3.63, 3.8) is 0 Å². The molecule has 1 N–H and O–H groups in total. The highest BCUT2D eigenvalue weighted by Crippen LogP contribution is 2.17. The average Bonchev–Trinajstić information content (AvgIpc) is 3.24. The van der Waals surface area contributed by atoms with Crippen molar-refractivity contribution < 1.29 is 9.26 Å². The van der Waals surface area contributed by atoms with E-state index in [0.717, 1.165) is 70.6 Å². The van der Waals surface area contributed by atoms with Crippen LogP contribution in [0.5, 0.6) is 0 Å². The van der Waals surface area contributed by atoms with Crippen molar-refractivity contribution >= 4 is 29.9 Å². The molecule has 0 radical (unpaired) electrons. The third-order valence-electron chi connectivity index (χ3n) is 5.70. The number of likely N-dealkylation sites (tertiary alicyclic amines) is 1. The number of aromatic nitrogens is 1. The van der Waals surface area contributed by atoms with Gasteiger partial charge in [-0.25, -0.2) is 0 Å². The topological polar surface area (TPSA) is 69.4 Å².